The third-order valence-electron chi connectivity index (χ3n) is 10.5. The summed E-state index contributed by atoms with van der Waals surface area (Å²) in [4.78, 5) is 18.7. The molecule has 5 aliphatic heterocycles. The third-order valence-corrected chi connectivity index (χ3v) is 10.8. The number of pyridine rings is 1. The predicted octanol–water partition coefficient (Wildman–Crippen LogP) is 4.72. The summed E-state index contributed by atoms with van der Waals surface area (Å²) in [7, 11) is 0. The highest BCUT2D eigenvalue weighted by atomic mass is 35.5. The predicted molar refractivity (Wildman–Crippen MR) is 156 cm³/mol. The van der Waals surface area contributed by atoms with Crippen molar-refractivity contribution in [3.63, 3.8) is 0 Å². The molecule has 2 bridgehead atoms. The summed E-state index contributed by atoms with van der Waals surface area (Å²) in [5.41, 5.74) is 0.920. The Morgan fingerprint density at radius 2 is 2.05 bits per heavy atom. The molecule has 5 atom stereocenters. The van der Waals surface area contributed by atoms with Crippen LogP contribution in [0.4, 0.5) is 14.6 Å². The Kier molecular flexibility index (Phi) is 5.82. The molecule has 9 nitrogen and oxygen atoms in total. The Morgan fingerprint density at radius 3 is 2.91 bits per heavy atom. The lowest BCUT2D eigenvalue weighted by Crippen LogP contribution is -2.60. The molecule has 43 heavy (non-hydrogen) atoms. The van der Waals surface area contributed by atoms with Gasteiger partial charge in [0.05, 0.1) is 11.6 Å². The number of phenolic OH excluding ortho intramolecular Hbond substituents is 1. The highest BCUT2D eigenvalue weighted by Crippen LogP contribution is 2.50. The second-order valence-corrected chi connectivity index (χ2v) is 13.6. The van der Waals surface area contributed by atoms with Gasteiger partial charge in [-0.3, -0.25) is 4.90 Å². The molecule has 6 aliphatic rings. The Balaban J connectivity index is 1.21. The van der Waals surface area contributed by atoms with Crippen LogP contribution in [0.25, 0.3) is 22.2 Å². The highest BCUT2D eigenvalue weighted by Gasteiger charge is 2.50. The smallest absolute Gasteiger partial charge is 0.319 e. The van der Waals surface area contributed by atoms with Crippen molar-refractivity contribution >= 4 is 28.3 Å². The standard InChI is InChI=1S/C31H33ClF2N6O3/c32-20-9-18(41)8-19(23(20)15-2-3-15)26-25(34)27-24-28(40-12-17-4-5-21(35-17)22(40)13-42-29(24)36-26)38-30(37-27)43-14-31-6-1-7-39(31)11-16(33)10-31/h8-9,15-17,21-22,35,41H,1-7,10-14H2/t16-,17+,21-,22?,31+/m1/s1. The first-order valence-electron chi connectivity index (χ1n) is 15.5. The molecular formula is C31H33ClF2N6O3. The topological polar surface area (TPSA) is 95.9 Å². The average molecular weight is 611 g/mol. The molecule has 5 fully saturated rings. The lowest BCUT2D eigenvalue weighted by atomic mass is 9.95. The zero-order chi connectivity index (χ0) is 29.0. The zero-order valence-corrected chi connectivity index (χ0v) is 24.4. The molecule has 2 N–H and O–H groups in total. The van der Waals surface area contributed by atoms with Crippen LogP contribution >= 0.6 is 11.6 Å². The molecule has 1 aliphatic carbocycles. The summed E-state index contributed by atoms with van der Waals surface area (Å²) in [6.07, 6.45) is 5.31. The van der Waals surface area contributed by atoms with Crippen LogP contribution in [0.3, 0.4) is 0 Å². The number of benzene rings is 1. The number of hydrogen-bond donors (Lipinski definition) is 2. The molecule has 0 spiro atoms. The highest BCUT2D eigenvalue weighted by molar-refractivity contribution is 6.32. The van der Waals surface area contributed by atoms with Crippen molar-refractivity contribution in [3.8, 4) is 28.9 Å². The number of phenols is 1. The molecular weight excluding hydrogens is 578 g/mol. The molecule has 226 valence electrons. The van der Waals surface area contributed by atoms with E-state index in [1.54, 1.807) is 0 Å². The number of alkyl halides is 1. The molecule has 0 radical (unpaired) electrons. The van der Waals surface area contributed by atoms with Gasteiger partial charge >= 0.3 is 6.01 Å². The molecule has 9 rings (SSSR count). The summed E-state index contributed by atoms with van der Waals surface area (Å²) < 4.78 is 44.0. The van der Waals surface area contributed by atoms with E-state index in [9.17, 15) is 9.50 Å². The Bertz CT molecular complexity index is 1660. The van der Waals surface area contributed by atoms with E-state index >= 15 is 4.39 Å². The van der Waals surface area contributed by atoms with Crippen molar-refractivity contribution in [1.29, 1.82) is 0 Å². The minimum Gasteiger partial charge on any atom is -0.508 e. The molecule has 1 unspecified atom stereocenters. The molecule has 12 heteroatoms. The van der Waals surface area contributed by atoms with Crippen molar-refractivity contribution in [1.82, 2.24) is 25.2 Å². The number of rotatable bonds is 5. The van der Waals surface area contributed by atoms with Gasteiger partial charge in [0.15, 0.2) is 5.82 Å². The average Bonchev–Trinajstić information content (AvgIpc) is 3.56. The summed E-state index contributed by atoms with van der Waals surface area (Å²) in [5.74, 6) is 0.292. The molecule has 0 amide bonds. The van der Waals surface area contributed by atoms with E-state index in [4.69, 9.17) is 31.0 Å². The summed E-state index contributed by atoms with van der Waals surface area (Å²) in [6, 6.07) is 3.57. The van der Waals surface area contributed by atoms with Crippen LogP contribution in [0, 0.1) is 5.82 Å². The number of anilines is 1. The van der Waals surface area contributed by atoms with E-state index in [1.807, 2.05) is 0 Å². The van der Waals surface area contributed by atoms with Gasteiger partial charge in [-0.15, -0.1) is 0 Å². The van der Waals surface area contributed by atoms with Gasteiger partial charge in [0.2, 0.25) is 5.88 Å². The Morgan fingerprint density at radius 1 is 1.16 bits per heavy atom. The lowest BCUT2D eigenvalue weighted by molar-refractivity contribution is 0.107. The number of nitrogens with zero attached hydrogens (tertiary/aromatic N) is 5. The molecule has 7 heterocycles. The van der Waals surface area contributed by atoms with Gasteiger partial charge in [0, 0.05) is 42.2 Å². The SMILES string of the molecule is Oc1cc(Cl)c(C2CC2)c(-c2nc3c4c(nc(OC[C@@]56CCCN5C[C@H](F)C6)nc4c2F)N2C[C@@H]4CC[C@@H](N4)C2CO3)c1. The number of fused-ring (bicyclic) bond motifs is 6. The number of nitrogens with one attached hydrogen (secondary N) is 1. The fraction of sp³-hybridized carbons (Fsp3) is 0.581. The van der Waals surface area contributed by atoms with E-state index in [0.717, 1.165) is 50.6 Å². The molecule has 4 saturated heterocycles. The second kappa shape index (κ2) is 9.49. The number of ether oxygens (including phenoxy) is 2. The van der Waals surface area contributed by atoms with Gasteiger partial charge < -0.3 is 24.8 Å². The normalized spacial score (nSPS) is 31.2. The quantitative estimate of drug-likeness (QED) is 0.425. The van der Waals surface area contributed by atoms with Crippen LogP contribution in [-0.2, 0) is 0 Å². The van der Waals surface area contributed by atoms with E-state index in [1.165, 1.54) is 12.1 Å². The fourth-order valence-electron chi connectivity index (χ4n) is 8.39. The van der Waals surface area contributed by atoms with Gasteiger partial charge in [0.25, 0.3) is 0 Å². The maximum absolute atomic E-state index is 16.8. The minimum atomic E-state index is -0.885. The number of hydrogen-bond acceptors (Lipinski definition) is 9. The minimum absolute atomic E-state index is 0.0197. The maximum atomic E-state index is 16.8. The number of aromatic hydroxyl groups is 1. The van der Waals surface area contributed by atoms with Gasteiger partial charge in [-0.05, 0) is 68.7 Å². The zero-order valence-electron chi connectivity index (χ0n) is 23.7. The lowest BCUT2D eigenvalue weighted by Gasteiger charge is -2.40. The van der Waals surface area contributed by atoms with Crippen LogP contribution < -0.4 is 19.7 Å². The largest absolute Gasteiger partial charge is 0.508 e. The van der Waals surface area contributed by atoms with Crippen molar-refractivity contribution in [2.24, 2.45) is 0 Å². The summed E-state index contributed by atoms with van der Waals surface area (Å²) in [5, 5.41) is 15.0. The first kappa shape index (κ1) is 26.4. The molecule has 2 aromatic heterocycles. The monoisotopic (exact) mass is 610 g/mol. The van der Waals surface area contributed by atoms with Crippen molar-refractivity contribution in [2.75, 3.05) is 37.7 Å². The number of halogens is 3. The fourth-order valence-corrected chi connectivity index (χ4v) is 8.76. The molecule has 1 saturated carbocycles. The maximum Gasteiger partial charge on any atom is 0.319 e. The summed E-state index contributed by atoms with van der Waals surface area (Å²) in [6.45, 7) is 2.56. The Hall–Kier alpha value is -3.02. The van der Waals surface area contributed by atoms with Crippen LogP contribution in [-0.4, -0.2) is 87.6 Å². The van der Waals surface area contributed by atoms with E-state index in [-0.39, 0.29) is 53.5 Å². The molecule has 3 aromatic rings. The van der Waals surface area contributed by atoms with Crippen molar-refractivity contribution in [3.05, 3.63) is 28.5 Å². The van der Waals surface area contributed by atoms with Crippen LogP contribution in [0.1, 0.15) is 56.4 Å². The second-order valence-electron chi connectivity index (χ2n) is 13.2. The van der Waals surface area contributed by atoms with Gasteiger partial charge in [-0.1, -0.05) is 11.6 Å². The summed E-state index contributed by atoms with van der Waals surface area (Å²) >= 11 is 6.60. The number of piperazine rings is 1. The first-order valence-corrected chi connectivity index (χ1v) is 15.9. The first-order chi connectivity index (χ1) is 20.9. The van der Waals surface area contributed by atoms with Crippen molar-refractivity contribution < 1.29 is 23.4 Å². The van der Waals surface area contributed by atoms with Crippen LogP contribution in [0.2, 0.25) is 5.02 Å². The third kappa shape index (κ3) is 4.10. The van der Waals surface area contributed by atoms with Crippen LogP contribution in [0.5, 0.6) is 17.6 Å². The van der Waals surface area contributed by atoms with Crippen LogP contribution in [0.15, 0.2) is 12.1 Å². The molecule has 1 aromatic carbocycles. The van der Waals surface area contributed by atoms with E-state index < -0.39 is 17.5 Å². The van der Waals surface area contributed by atoms with Gasteiger partial charge in [-0.2, -0.15) is 9.97 Å². The van der Waals surface area contributed by atoms with Gasteiger partial charge in [-0.25, -0.2) is 13.8 Å². The van der Waals surface area contributed by atoms with Gasteiger partial charge in [0.1, 0.15) is 47.5 Å². The van der Waals surface area contributed by atoms with Crippen molar-refractivity contribution in [2.45, 2.75) is 80.7 Å². The number of aromatic nitrogens is 3. The van der Waals surface area contributed by atoms with E-state index in [0.29, 0.717) is 53.9 Å². The Labute approximate surface area is 252 Å². The van der Waals surface area contributed by atoms with E-state index in [2.05, 4.69) is 20.1 Å².